The van der Waals surface area contributed by atoms with Crippen LogP contribution in [0.5, 0.6) is 11.5 Å². The summed E-state index contributed by atoms with van der Waals surface area (Å²) in [4.78, 5) is 16.9. The van der Waals surface area contributed by atoms with Gasteiger partial charge in [-0.2, -0.15) is 0 Å². The van der Waals surface area contributed by atoms with Crippen LogP contribution in [0.25, 0.3) is 0 Å². The quantitative estimate of drug-likeness (QED) is 0.201. The molecule has 0 aromatic heterocycles. The molecule has 47 heavy (non-hydrogen) atoms. The van der Waals surface area contributed by atoms with Crippen molar-refractivity contribution in [1.82, 2.24) is 4.90 Å². The van der Waals surface area contributed by atoms with Crippen molar-refractivity contribution >= 4 is 29.6 Å². The number of amides is 1. The van der Waals surface area contributed by atoms with Gasteiger partial charge in [0, 0.05) is 58.2 Å². The second-order valence-corrected chi connectivity index (χ2v) is 20.1. The Labute approximate surface area is 293 Å². The minimum Gasteiger partial charge on any atom is -0.507 e. The van der Waals surface area contributed by atoms with Crippen LogP contribution in [0.4, 0.5) is 4.79 Å². The molecule has 2 N–H and O–H groups in total. The third-order valence-electron chi connectivity index (χ3n) is 8.59. The Morgan fingerprint density at radius 2 is 1.17 bits per heavy atom. The Morgan fingerprint density at radius 3 is 1.53 bits per heavy atom. The predicted octanol–water partition coefficient (Wildman–Crippen LogP) is 10.2. The molecule has 0 spiro atoms. The fourth-order valence-corrected chi connectivity index (χ4v) is 8.96. The van der Waals surface area contributed by atoms with Gasteiger partial charge in [-0.25, -0.2) is 4.79 Å². The first kappa shape index (κ1) is 39.4. The van der Waals surface area contributed by atoms with Gasteiger partial charge in [0.2, 0.25) is 0 Å². The smallest absolute Gasteiger partial charge is 0.409 e. The maximum absolute atomic E-state index is 12.8. The molecule has 0 radical (unpaired) electrons. The molecule has 1 heterocycles. The fraction of sp³-hybridized carbons (Fsp3) is 0.667. The van der Waals surface area contributed by atoms with Crippen LogP contribution in [-0.4, -0.2) is 58.2 Å². The standard InChI is InChI=1S/C39H61NO5S2/c1-14-44-34(43)40-18-16-39(17-19-40,46-26-22-28(35(2,3)4)32(42)29(23-26)36(5,6)7)47-27-24-30(37(8,9)10)33(45-21-15-20-41)31(25-27)38(11,12)13/h22-25,41-42H,14-21H2,1-13H3. The number of phenolic OH excluding ortho intramolecular Hbond substituents is 1. The molecule has 0 aliphatic carbocycles. The van der Waals surface area contributed by atoms with Crippen molar-refractivity contribution in [2.45, 2.75) is 145 Å². The van der Waals surface area contributed by atoms with E-state index in [4.69, 9.17) is 9.47 Å². The molecule has 2 aromatic carbocycles. The number of aromatic hydroxyl groups is 1. The number of carbonyl (C=O) groups is 1. The van der Waals surface area contributed by atoms with Gasteiger partial charge in [0.05, 0.1) is 17.3 Å². The Morgan fingerprint density at radius 1 is 0.766 bits per heavy atom. The highest BCUT2D eigenvalue weighted by Crippen LogP contribution is 2.55. The summed E-state index contributed by atoms with van der Waals surface area (Å²) in [6.45, 7) is 30.2. The second-order valence-electron chi connectivity index (χ2n) is 16.9. The number of rotatable bonds is 9. The zero-order valence-corrected chi connectivity index (χ0v) is 33.0. The van der Waals surface area contributed by atoms with Crippen molar-refractivity contribution in [3.8, 4) is 11.5 Å². The van der Waals surface area contributed by atoms with Crippen LogP contribution in [0, 0.1) is 0 Å². The van der Waals surface area contributed by atoms with E-state index in [-0.39, 0.29) is 38.4 Å². The van der Waals surface area contributed by atoms with Gasteiger partial charge in [0.1, 0.15) is 11.5 Å². The van der Waals surface area contributed by atoms with Gasteiger partial charge in [0.25, 0.3) is 0 Å². The SMILES string of the molecule is CCOC(=O)N1CCC(Sc2cc(C(C)(C)C)c(O)c(C(C)(C)C)c2)(Sc2cc(C(C)(C)C)c(OCCCO)c(C(C)(C)C)c2)CC1. The molecule has 0 bridgehead atoms. The average Bonchev–Trinajstić information content (AvgIpc) is 2.92. The zero-order chi connectivity index (χ0) is 35.6. The van der Waals surface area contributed by atoms with Crippen molar-refractivity contribution in [1.29, 1.82) is 0 Å². The summed E-state index contributed by atoms with van der Waals surface area (Å²) in [6, 6.07) is 8.95. The van der Waals surface area contributed by atoms with Crippen molar-refractivity contribution in [3.05, 3.63) is 46.5 Å². The topological polar surface area (TPSA) is 79.2 Å². The number of piperidine rings is 1. The van der Waals surface area contributed by atoms with E-state index in [2.05, 4.69) is 107 Å². The first-order valence-corrected chi connectivity index (χ1v) is 18.8. The minimum absolute atomic E-state index is 0.0946. The highest BCUT2D eigenvalue weighted by Gasteiger charge is 2.40. The number of phenols is 1. The van der Waals surface area contributed by atoms with Crippen LogP contribution in [0.3, 0.4) is 0 Å². The lowest BCUT2D eigenvalue weighted by molar-refractivity contribution is 0.0993. The highest BCUT2D eigenvalue weighted by atomic mass is 32.2. The molecule has 6 nitrogen and oxygen atoms in total. The molecule has 1 aliphatic rings. The third kappa shape index (κ3) is 10.0. The lowest BCUT2D eigenvalue weighted by Crippen LogP contribution is -2.44. The number of ether oxygens (including phenoxy) is 2. The first-order valence-electron chi connectivity index (χ1n) is 17.1. The summed E-state index contributed by atoms with van der Waals surface area (Å²) >= 11 is 3.75. The molecule has 264 valence electrons. The molecule has 3 rings (SSSR count). The Kier molecular flexibility index (Phi) is 12.4. The molecule has 2 aromatic rings. The van der Waals surface area contributed by atoms with E-state index in [1.54, 1.807) is 0 Å². The van der Waals surface area contributed by atoms with Crippen LogP contribution < -0.4 is 4.74 Å². The summed E-state index contributed by atoms with van der Waals surface area (Å²) in [5.74, 6) is 1.31. The number of hydrogen-bond donors (Lipinski definition) is 2. The number of thioether (sulfide) groups is 2. The molecular formula is C39H61NO5S2. The molecule has 1 fully saturated rings. The summed E-state index contributed by atoms with van der Waals surface area (Å²) < 4.78 is 11.5. The van der Waals surface area contributed by atoms with Gasteiger partial charge < -0.3 is 24.6 Å². The molecule has 0 unspecified atom stereocenters. The average molecular weight is 688 g/mol. The molecule has 0 atom stereocenters. The van der Waals surface area contributed by atoms with Gasteiger partial charge in [-0.05, 0) is 65.7 Å². The predicted molar refractivity (Wildman–Crippen MR) is 199 cm³/mol. The van der Waals surface area contributed by atoms with E-state index in [0.717, 1.165) is 45.7 Å². The van der Waals surface area contributed by atoms with Crippen LogP contribution in [0.1, 0.15) is 132 Å². The van der Waals surface area contributed by atoms with Crippen LogP contribution in [0.2, 0.25) is 0 Å². The lowest BCUT2D eigenvalue weighted by atomic mass is 9.79. The molecule has 0 saturated carbocycles. The summed E-state index contributed by atoms with van der Waals surface area (Å²) in [5.41, 5.74) is 3.41. The Bertz CT molecular complexity index is 1310. The minimum atomic E-state index is -0.270. The van der Waals surface area contributed by atoms with Crippen molar-refractivity contribution in [3.63, 3.8) is 0 Å². The molecular weight excluding hydrogens is 627 g/mol. The fourth-order valence-electron chi connectivity index (χ4n) is 5.88. The molecule has 1 amide bonds. The number of benzene rings is 2. The first-order chi connectivity index (χ1) is 21.5. The maximum atomic E-state index is 12.8. The number of aliphatic hydroxyl groups is 1. The summed E-state index contributed by atoms with van der Waals surface area (Å²) in [7, 11) is 0. The lowest BCUT2D eigenvalue weighted by Gasteiger charge is -2.41. The highest BCUT2D eigenvalue weighted by molar-refractivity contribution is 8.18. The number of nitrogens with zero attached hydrogens (tertiary/aromatic N) is 1. The number of carbonyl (C=O) groups excluding carboxylic acids is 1. The molecule has 1 aliphatic heterocycles. The van der Waals surface area contributed by atoms with Gasteiger partial charge in [-0.1, -0.05) is 83.1 Å². The number of aliphatic hydroxyl groups excluding tert-OH is 1. The van der Waals surface area contributed by atoms with Crippen LogP contribution >= 0.6 is 23.5 Å². The maximum Gasteiger partial charge on any atom is 0.409 e. The van der Waals surface area contributed by atoms with Gasteiger partial charge in [-0.3, -0.25) is 0 Å². The summed E-state index contributed by atoms with van der Waals surface area (Å²) in [5, 5.41) is 20.9. The zero-order valence-electron chi connectivity index (χ0n) is 31.3. The monoisotopic (exact) mass is 687 g/mol. The van der Waals surface area contributed by atoms with Gasteiger partial charge in [-0.15, -0.1) is 23.5 Å². The van der Waals surface area contributed by atoms with E-state index in [9.17, 15) is 15.0 Å². The van der Waals surface area contributed by atoms with E-state index in [0.29, 0.717) is 38.5 Å². The van der Waals surface area contributed by atoms with E-state index in [1.165, 1.54) is 4.90 Å². The molecule has 8 heteroatoms. The van der Waals surface area contributed by atoms with E-state index >= 15 is 0 Å². The van der Waals surface area contributed by atoms with Crippen LogP contribution in [-0.2, 0) is 26.4 Å². The van der Waals surface area contributed by atoms with Crippen LogP contribution in [0.15, 0.2) is 34.1 Å². The van der Waals surface area contributed by atoms with E-state index < -0.39 is 0 Å². The molecule has 1 saturated heterocycles. The largest absolute Gasteiger partial charge is 0.507 e. The number of likely N-dealkylation sites (tertiary alicyclic amines) is 1. The van der Waals surface area contributed by atoms with Crippen molar-refractivity contribution in [2.75, 3.05) is 32.9 Å². The van der Waals surface area contributed by atoms with Gasteiger partial charge >= 0.3 is 6.09 Å². The third-order valence-corrected chi connectivity index (χ3v) is 11.6. The second kappa shape index (κ2) is 14.8. The van der Waals surface area contributed by atoms with Gasteiger partial charge in [0.15, 0.2) is 0 Å². The van der Waals surface area contributed by atoms with Crippen molar-refractivity contribution in [2.24, 2.45) is 0 Å². The normalized spacial score (nSPS) is 15.9. The summed E-state index contributed by atoms with van der Waals surface area (Å²) in [6.07, 6.45) is 1.89. The Hall–Kier alpha value is -2.03. The van der Waals surface area contributed by atoms with Crippen molar-refractivity contribution < 1.29 is 24.5 Å². The van der Waals surface area contributed by atoms with E-state index in [1.807, 2.05) is 35.3 Å². The number of hydrogen-bond acceptors (Lipinski definition) is 7. The Balaban J connectivity index is 2.21.